The highest BCUT2D eigenvalue weighted by molar-refractivity contribution is 6.29. The molecular weight excluding hydrogens is 274 g/mol. The fourth-order valence-corrected chi connectivity index (χ4v) is 2.08. The summed E-state index contributed by atoms with van der Waals surface area (Å²) in [6.07, 6.45) is 0.319. The molecule has 20 heavy (non-hydrogen) atoms. The van der Waals surface area contributed by atoms with Crippen molar-refractivity contribution in [1.29, 1.82) is 5.26 Å². The number of halogens is 1. The Bertz CT molecular complexity index is 520. The van der Waals surface area contributed by atoms with E-state index in [2.05, 4.69) is 11.1 Å². The average molecular weight is 294 g/mol. The molecule has 0 spiro atoms. The van der Waals surface area contributed by atoms with Crippen molar-refractivity contribution in [2.24, 2.45) is 0 Å². The van der Waals surface area contributed by atoms with Gasteiger partial charge in [-0.15, -0.1) is 0 Å². The molecule has 0 aliphatic rings. The minimum Gasteiger partial charge on any atom is -0.335 e. The Labute approximate surface area is 125 Å². The van der Waals surface area contributed by atoms with Crippen LogP contribution in [0.5, 0.6) is 0 Å². The first-order valence-electron chi connectivity index (χ1n) is 6.72. The van der Waals surface area contributed by atoms with Gasteiger partial charge in [0.15, 0.2) is 0 Å². The number of carbonyl (C=O) groups excluding carboxylic acids is 1. The predicted octanol–water partition coefficient (Wildman–Crippen LogP) is 3.62. The summed E-state index contributed by atoms with van der Waals surface area (Å²) in [6.45, 7) is 8.29. The minimum atomic E-state index is -0.110. The van der Waals surface area contributed by atoms with Crippen molar-refractivity contribution in [1.82, 2.24) is 9.88 Å². The maximum absolute atomic E-state index is 12.5. The monoisotopic (exact) mass is 293 g/mol. The van der Waals surface area contributed by atoms with Crippen molar-refractivity contribution in [2.75, 3.05) is 6.54 Å². The molecule has 0 radical (unpaired) electrons. The molecule has 4 nitrogen and oxygen atoms in total. The minimum absolute atomic E-state index is 0.0327. The van der Waals surface area contributed by atoms with Crippen LogP contribution in [-0.4, -0.2) is 28.4 Å². The zero-order valence-electron chi connectivity index (χ0n) is 12.4. The highest BCUT2D eigenvalue weighted by Crippen LogP contribution is 2.19. The molecule has 1 aromatic rings. The smallest absolute Gasteiger partial charge is 0.254 e. The molecule has 0 saturated heterocycles. The van der Waals surface area contributed by atoms with E-state index in [1.54, 1.807) is 17.0 Å². The summed E-state index contributed by atoms with van der Waals surface area (Å²) >= 11 is 5.99. The van der Waals surface area contributed by atoms with Gasteiger partial charge in [-0.3, -0.25) is 4.79 Å². The molecule has 108 valence electrons. The van der Waals surface area contributed by atoms with E-state index >= 15 is 0 Å². The Kier molecular flexibility index (Phi) is 5.97. The van der Waals surface area contributed by atoms with E-state index in [0.29, 0.717) is 23.7 Å². The van der Waals surface area contributed by atoms with Crippen molar-refractivity contribution in [2.45, 2.75) is 46.1 Å². The molecular formula is C15H20ClN3O. The van der Waals surface area contributed by atoms with Crippen LogP contribution in [0, 0.1) is 11.3 Å². The second-order valence-corrected chi connectivity index (χ2v) is 5.65. The molecule has 1 aromatic heterocycles. The highest BCUT2D eigenvalue weighted by atomic mass is 35.5. The van der Waals surface area contributed by atoms with Crippen LogP contribution in [0.3, 0.4) is 0 Å². The van der Waals surface area contributed by atoms with Crippen molar-refractivity contribution in [3.05, 3.63) is 28.5 Å². The van der Waals surface area contributed by atoms with Gasteiger partial charge in [-0.25, -0.2) is 4.98 Å². The van der Waals surface area contributed by atoms with Crippen LogP contribution in [0.4, 0.5) is 0 Å². The van der Waals surface area contributed by atoms with E-state index in [4.69, 9.17) is 16.9 Å². The van der Waals surface area contributed by atoms with Crippen LogP contribution in [0.15, 0.2) is 12.1 Å². The summed E-state index contributed by atoms with van der Waals surface area (Å²) in [6, 6.07) is 5.46. The molecule has 0 atom stereocenters. The second-order valence-electron chi connectivity index (χ2n) is 5.26. The molecule has 1 rings (SSSR count). The number of rotatable bonds is 5. The summed E-state index contributed by atoms with van der Waals surface area (Å²) in [7, 11) is 0. The SMILES string of the molecule is CC(C)c1cc(C(=O)N(CCC#N)C(C)C)cc(Cl)n1. The number of hydrogen-bond acceptors (Lipinski definition) is 3. The van der Waals surface area contributed by atoms with Gasteiger partial charge in [0, 0.05) is 23.8 Å². The maximum Gasteiger partial charge on any atom is 0.254 e. The fraction of sp³-hybridized carbons (Fsp3) is 0.533. The Morgan fingerprint density at radius 2 is 2.05 bits per heavy atom. The summed E-state index contributed by atoms with van der Waals surface area (Å²) in [5, 5.41) is 9.01. The van der Waals surface area contributed by atoms with E-state index in [1.165, 1.54) is 0 Å². The van der Waals surface area contributed by atoms with Crippen LogP contribution in [0.2, 0.25) is 5.15 Å². The molecule has 0 aliphatic heterocycles. The van der Waals surface area contributed by atoms with Crippen LogP contribution in [0.25, 0.3) is 0 Å². The number of amides is 1. The quantitative estimate of drug-likeness (QED) is 0.779. The van der Waals surface area contributed by atoms with Gasteiger partial charge in [0.1, 0.15) is 5.15 Å². The van der Waals surface area contributed by atoms with Crippen LogP contribution in [0.1, 0.15) is 56.1 Å². The number of carbonyl (C=O) groups is 1. The molecule has 0 unspecified atom stereocenters. The first-order chi connectivity index (χ1) is 9.36. The summed E-state index contributed by atoms with van der Waals surface area (Å²) < 4.78 is 0. The maximum atomic E-state index is 12.5. The lowest BCUT2D eigenvalue weighted by Gasteiger charge is -2.26. The Morgan fingerprint density at radius 1 is 1.40 bits per heavy atom. The van der Waals surface area contributed by atoms with Gasteiger partial charge in [-0.05, 0) is 31.9 Å². The van der Waals surface area contributed by atoms with Gasteiger partial charge in [0.05, 0.1) is 12.5 Å². The molecule has 1 heterocycles. The van der Waals surface area contributed by atoms with Gasteiger partial charge in [-0.1, -0.05) is 25.4 Å². The average Bonchev–Trinajstić information content (AvgIpc) is 2.37. The van der Waals surface area contributed by atoms with Gasteiger partial charge in [0.25, 0.3) is 5.91 Å². The Hall–Kier alpha value is -1.60. The third-order valence-electron chi connectivity index (χ3n) is 3.00. The van der Waals surface area contributed by atoms with E-state index in [-0.39, 0.29) is 17.9 Å². The zero-order chi connectivity index (χ0) is 15.3. The molecule has 0 aliphatic carbocycles. The third kappa shape index (κ3) is 4.21. The molecule has 0 saturated carbocycles. The van der Waals surface area contributed by atoms with Crippen LogP contribution in [-0.2, 0) is 0 Å². The number of hydrogen-bond donors (Lipinski definition) is 0. The molecule has 1 amide bonds. The number of nitrogens with zero attached hydrogens (tertiary/aromatic N) is 3. The zero-order valence-corrected chi connectivity index (χ0v) is 13.1. The van der Waals surface area contributed by atoms with Gasteiger partial charge in [-0.2, -0.15) is 5.26 Å². The van der Waals surface area contributed by atoms with E-state index in [1.807, 2.05) is 27.7 Å². The Morgan fingerprint density at radius 3 is 2.55 bits per heavy atom. The van der Waals surface area contributed by atoms with Crippen molar-refractivity contribution >= 4 is 17.5 Å². The highest BCUT2D eigenvalue weighted by Gasteiger charge is 2.20. The molecule has 0 bridgehead atoms. The summed E-state index contributed by atoms with van der Waals surface area (Å²) in [5.74, 6) is 0.0910. The first kappa shape index (κ1) is 16.5. The lowest BCUT2D eigenvalue weighted by molar-refractivity contribution is 0.0710. The van der Waals surface area contributed by atoms with Crippen LogP contribution >= 0.6 is 11.6 Å². The van der Waals surface area contributed by atoms with Crippen LogP contribution < -0.4 is 0 Å². The molecule has 0 N–H and O–H groups in total. The van der Waals surface area contributed by atoms with E-state index < -0.39 is 0 Å². The van der Waals surface area contributed by atoms with Crippen molar-refractivity contribution < 1.29 is 4.79 Å². The topological polar surface area (TPSA) is 57.0 Å². The summed E-state index contributed by atoms with van der Waals surface area (Å²) in [4.78, 5) is 18.5. The number of aromatic nitrogens is 1. The van der Waals surface area contributed by atoms with E-state index in [0.717, 1.165) is 5.69 Å². The molecule has 5 heteroatoms. The molecule has 0 aromatic carbocycles. The van der Waals surface area contributed by atoms with E-state index in [9.17, 15) is 4.79 Å². The van der Waals surface area contributed by atoms with Gasteiger partial charge >= 0.3 is 0 Å². The predicted molar refractivity (Wildman–Crippen MR) is 79.7 cm³/mol. The van der Waals surface area contributed by atoms with Gasteiger partial charge < -0.3 is 4.90 Å². The lowest BCUT2D eigenvalue weighted by Crippen LogP contribution is -2.37. The van der Waals surface area contributed by atoms with Crippen molar-refractivity contribution in [3.8, 4) is 6.07 Å². The number of pyridine rings is 1. The summed E-state index contributed by atoms with van der Waals surface area (Å²) in [5.41, 5.74) is 1.32. The lowest BCUT2D eigenvalue weighted by atomic mass is 10.1. The first-order valence-corrected chi connectivity index (χ1v) is 7.10. The third-order valence-corrected chi connectivity index (χ3v) is 3.19. The second kappa shape index (κ2) is 7.25. The molecule has 0 fully saturated rings. The normalized spacial score (nSPS) is 10.7. The van der Waals surface area contributed by atoms with Gasteiger partial charge in [0.2, 0.25) is 0 Å². The Balaban J connectivity index is 3.08. The largest absolute Gasteiger partial charge is 0.335 e. The van der Waals surface area contributed by atoms with Crippen molar-refractivity contribution in [3.63, 3.8) is 0 Å². The number of nitriles is 1. The standard InChI is InChI=1S/C15H20ClN3O/c1-10(2)13-8-12(9-14(16)18-13)15(20)19(11(3)4)7-5-6-17/h8-11H,5,7H2,1-4H3. The fourth-order valence-electron chi connectivity index (χ4n) is 1.87.